The highest BCUT2D eigenvalue weighted by atomic mass is 16.6. The summed E-state index contributed by atoms with van der Waals surface area (Å²) in [7, 11) is 1.77. The molecule has 0 spiro atoms. The summed E-state index contributed by atoms with van der Waals surface area (Å²) in [6.07, 6.45) is 2.47. The highest BCUT2D eigenvalue weighted by molar-refractivity contribution is 5.68. The van der Waals surface area contributed by atoms with Crippen LogP contribution in [0, 0.1) is 5.92 Å². The van der Waals surface area contributed by atoms with E-state index in [0.717, 1.165) is 51.8 Å². The Bertz CT molecular complexity index is 372. The van der Waals surface area contributed by atoms with Crippen LogP contribution in [0.2, 0.25) is 0 Å². The first-order valence-electron chi connectivity index (χ1n) is 8.81. The van der Waals surface area contributed by atoms with Crippen molar-refractivity contribution in [3.63, 3.8) is 0 Å². The molecule has 0 aromatic carbocycles. The molecule has 2 aliphatic rings. The van der Waals surface area contributed by atoms with Gasteiger partial charge in [0.1, 0.15) is 5.60 Å². The van der Waals surface area contributed by atoms with Crippen molar-refractivity contribution in [3.05, 3.63) is 0 Å². The summed E-state index contributed by atoms with van der Waals surface area (Å²) in [4.78, 5) is 16.3. The summed E-state index contributed by atoms with van der Waals surface area (Å²) in [5, 5.41) is 3.62. The van der Waals surface area contributed by atoms with Crippen LogP contribution in [-0.4, -0.2) is 80.5 Å². The first-order chi connectivity index (χ1) is 10.9. The van der Waals surface area contributed by atoms with Crippen LogP contribution in [0.1, 0.15) is 33.6 Å². The minimum absolute atomic E-state index is 0.191. The lowest BCUT2D eigenvalue weighted by atomic mass is 10.2. The van der Waals surface area contributed by atoms with Crippen LogP contribution in [0.15, 0.2) is 0 Å². The summed E-state index contributed by atoms with van der Waals surface area (Å²) < 4.78 is 10.7. The Hall–Kier alpha value is -0.850. The predicted octanol–water partition coefficient (Wildman–Crippen LogP) is 1.55. The molecule has 6 heteroatoms. The van der Waals surface area contributed by atoms with Gasteiger partial charge in [0.15, 0.2) is 0 Å². The fraction of sp³-hybridized carbons (Fsp3) is 0.941. The van der Waals surface area contributed by atoms with Crippen LogP contribution in [0.5, 0.6) is 0 Å². The molecule has 0 radical (unpaired) electrons. The van der Waals surface area contributed by atoms with Gasteiger partial charge >= 0.3 is 6.09 Å². The van der Waals surface area contributed by atoms with Crippen LogP contribution >= 0.6 is 0 Å². The number of hydrogen-bond donors (Lipinski definition) is 1. The minimum atomic E-state index is -0.419. The molecular weight excluding hydrogens is 294 g/mol. The van der Waals surface area contributed by atoms with Crippen molar-refractivity contribution in [2.24, 2.45) is 5.92 Å². The standard InChI is InChI=1S/C17H33N3O3/c1-17(2,3)23-16(21)20-11-9-19(10-12-20)8-7-18-15(13-22-4)14-5-6-14/h14-15,18H,5-13H2,1-4H3. The van der Waals surface area contributed by atoms with Gasteiger partial charge in [-0.15, -0.1) is 0 Å². The molecule has 1 atom stereocenters. The molecule has 1 saturated heterocycles. The third-order valence-corrected chi connectivity index (χ3v) is 4.40. The molecule has 6 nitrogen and oxygen atoms in total. The molecule has 134 valence electrons. The van der Waals surface area contributed by atoms with Crippen molar-refractivity contribution in [2.75, 3.05) is 53.0 Å². The molecule has 2 rings (SSSR count). The summed E-state index contributed by atoms with van der Waals surface area (Å²) >= 11 is 0. The molecule has 0 aromatic rings. The molecule has 1 unspecified atom stereocenters. The van der Waals surface area contributed by atoms with E-state index in [0.29, 0.717) is 6.04 Å². The van der Waals surface area contributed by atoms with Gasteiger partial charge in [-0.05, 0) is 39.5 Å². The first kappa shape index (κ1) is 18.5. The highest BCUT2D eigenvalue weighted by Crippen LogP contribution is 2.32. The van der Waals surface area contributed by atoms with Gasteiger partial charge in [-0.3, -0.25) is 4.90 Å². The van der Waals surface area contributed by atoms with E-state index < -0.39 is 5.60 Å². The van der Waals surface area contributed by atoms with Crippen LogP contribution in [0.4, 0.5) is 4.79 Å². The van der Waals surface area contributed by atoms with E-state index in [1.165, 1.54) is 12.8 Å². The van der Waals surface area contributed by atoms with Crippen molar-refractivity contribution in [3.8, 4) is 0 Å². The zero-order valence-corrected chi connectivity index (χ0v) is 15.1. The molecule has 0 bridgehead atoms. The second-order valence-corrected chi connectivity index (χ2v) is 7.66. The van der Waals surface area contributed by atoms with E-state index >= 15 is 0 Å². The fourth-order valence-corrected chi connectivity index (χ4v) is 2.93. The number of nitrogens with one attached hydrogen (secondary N) is 1. The molecule has 1 heterocycles. The Labute approximate surface area is 140 Å². The Morgan fingerprint density at radius 1 is 1.22 bits per heavy atom. The summed E-state index contributed by atoms with van der Waals surface area (Å²) in [6.45, 7) is 11.9. The van der Waals surface area contributed by atoms with Gasteiger partial charge in [0.05, 0.1) is 6.61 Å². The van der Waals surface area contributed by atoms with Crippen LogP contribution in [-0.2, 0) is 9.47 Å². The SMILES string of the molecule is COCC(NCCN1CCN(C(=O)OC(C)(C)C)CC1)C1CC1. The topological polar surface area (TPSA) is 54.0 Å². The van der Waals surface area contributed by atoms with E-state index in [1.54, 1.807) is 7.11 Å². The molecule has 1 saturated carbocycles. The second-order valence-electron chi connectivity index (χ2n) is 7.66. The minimum Gasteiger partial charge on any atom is -0.444 e. The number of hydrogen-bond acceptors (Lipinski definition) is 5. The lowest BCUT2D eigenvalue weighted by Gasteiger charge is -2.35. The molecule has 1 aliphatic heterocycles. The largest absolute Gasteiger partial charge is 0.444 e. The fourth-order valence-electron chi connectivity index (χ4n) is 2.93. The third-order valence-electron chi connectivity index (χ3n) is 4.40. The van der Waals surface area contributed by atoms with Crippen molar-refractivity contribution in [2.45, 2.75) is 45.3 Å². The number of carbonyl (C=O) groups excluding carboxylic acids is 1. The van der Waals surface area contributed by atoms with E-state index in [2.05, 4.69) is 10.2 Å². The third kappa shape index (κ3) is 6.65. The maximum Gasteiger partial charge on any atom is 0.410 e. The van der Waals surface area contributed by atoms with Crippen molar-refractivity contribution in [1.82, 2.24) is 15.1 Å². The molecular formula is C17H33N3O3. The molecule has 1 aliphatic carbocycles. The van der Waals surface area contributed by atoms with Gasteiger partial charge < -0.3 is 19.7 Å². The average Bonchev–Trinajstić information content (AvgIpc) is 3.30. The van der Waals surface area contributed by atoms with E-state index in [4.69, 9.17) is 9.47 Å². The lowest BCUT2D eigenvalue weighted by Crippen LogP contribution is -2.51. The zero-order chi connectivity index (χ0) is 16.9. The maximum atomic E-state index is 12.0. The Morgan fingerprint density at radius 3 is 2.39 bits per heavy atom. The maximum absolute atomic E-state index is 12.0. The van der Waals surface area contributed by atoms with Gasteiger partial charge in [0, 0.05) is 52.4 Å². The van der Waals surface area contributed by atoms with E-state index in [-0.39, 0.29) is 6.09 Å². The Balaban J connectivity index is 1.62. The molecule has 23 heavy (non-hydrogen) atoms. The van der Waals surface area contributed by atoms with E-state index in [9.17, 15) is 4.79 Å². The lowest BCUT2D eigenvalue weighted by molar-refractivity contribution is 0.0145. The van der Waals surface area contributed by atoms with Gasteiger partial charge in [-0.2, -0.15) is 0 Å². The molecule has 1 amide bonds. The monoisotopic (exact) mass is 327 g/mol. The van der Waals surface area contributed by atoms with E-state index in [1.807, 2.05) is 25.7 Å². The highest BCUT2D eigenvalue weighted by Gasteiger charge is 2.31. The molecule has 2 fully saturated rings. The number of carbonyl (C=O) groups is 1. The Kier molecular flexibility index (Phi) is 6.68. The molecule has 0 aromatic heterocycles. The number of nitrogens with zero attached hydrogens (tertiary/aromatic N) is 2. The second kappa shape index (κ2) is 8.31. The summed E-state index contributed by atoms with van der Waals surface area (Å²) in [5.41, 5.74) is -0.419. The van der Waals surface area contributed by atoms with Crippen molar-refractivity contribution < 1.29 is 14.3 Å². The number of piperazine rings is 1. The van der Waals surface area contributed by atoms with Crippen LogP contribution < -0.4 is 5.32 Å². The van der Waals surface area contributed by atoms with Crippen LogP contribution in [0.3, 0.4) is 0 Å². The molecule has 1 N–H and O–H groups in total. The zero-order valence-electron chi connectivity index (χ0n) is 15.1. The average molecular weight is 327 g/mol. The van der Waals surface area contributed by atoms with Gasteiger partial charge in [0.25, 0.3) is 0 Å². The normalized spacial score (nSPS) is 21.3. The van der Waals surface area contributed by atoms with Crippen LogP contribution in [0.25, 0.3) is 0 Å². The van der Waals surface area contributed by atoms with Gasteiger partial charge in [-0.25, -0.2) is 4.79 Å². The summed E-state index contributed by atoms with van der Waals surface area (Å²) in [5.74, 6) is 0.805. The summed E-state index contributed by atoms with van der Waals surface area (Å²) in [6, 6.07) is 0.503. The number of ether oxygens (including phenoxy) is 2. The van der Waals surface area contributed by atoms with Crippen molar-refractivity contribution in [1.29, 1.82) is 0 Å². The number of amides is 1. The first-order valence-corrected chi connectivity index (χ1v) is 8.81. The smallest absolute Gasteiger partial charge is 0.410 e. The van der Waals surface area contributed by atoms with Gasteiger partial charge in [-0.1, -0.05) is 0 Å². The Morgan fingerprint density at radius 2 is 1.87 bits per heavy atom. The predicted molar refractivity (Wildman–Crippen MR) is 90.6 cm³/mol. The van der Waals surface area contributed by atoms with Gasteiger partial charge in [0.2, 0.25) is 0 Å². The quantitative estimate of drug-likeness (QED) is 0.769. The van der Waals surface area contributed by atoms with Crippen molar-refractivity contribution >= 4 is 6.09 Å². The number of methoxy groups -OCH3 is 1. The number of rotatable bonds is 7.